The van der Waals surface area contributed by atoms with E-state index in [-0.39, 0.29) is 5.28 Å². The molecule has 0 fully saturated rings. The Labute approximate surface area is 208 Å². The number of rotatable bonds is 4. The first kappa shape index (κ1) is 21.2. The molecule has 0 bridgehead atoms. The average Bonchev–Trinajstić information content (AvgIpc) is 2.93. The molecule has 0 amide bonds. The summed E-state index contributed by atoms with van der Waals surface area (Å²) in [5, 5.41) is 2.38. The predicted molar refractivity (Wildman–Crippen MR) is 144 cm³/mol. The molecular formula is C31H20ClN3. The minimum Gasteiger partial charge on any atom is -0.208 e. The van der Waals surface area contributed by atoms with E-state index in [2.05, 4.69) is 82.8 Å². The first-order chi connectivity index (χ1) is 17.3. The molecule has 6 aromatic rings. The molecule has 0 aliphatic heterocycles. The van der Waals surface area contributed by atoms with E-state index in [1.807, 2.05) is 48.5 Å². The lowest BCUT2D eigenvalue weighted by molar-refractivity contribution is 1.07. The summed E-state index contributed by atoms with van der Waals surface area (Å²) in [6.45, 7) is 0. The monoisotopic (exact) mass is 469 g/mol. The van der Waals surface area contributed by atoms with E-state index in [4.69, 9.17) is 16.6 Å². The van der Waals surface area contributed by atoms with E-state index < -0.39 is 0 Å². The van der Waals surface area contributed by atoms with Crippen LogP contribution in [0.2, 0.25) is 5.28 Å². The second kappa shape index (κ2) is 9.13. The topological polar surface area (TPSA) is 38.7 Å². The van der Waals surface area contributed by atoms with Gasteiger partial charge >= 0.3 is 0 Å². The Kier molecular flexibility index (Phi) is 5.53. The highest BCUT2D eigenvalue weighted by molar-refractivity contribution is 6.28. The molecule has 0 saturated heterocycles. The Hall–Kier alpha value is -4.34. The van der Waals surface area contributed by atoms with Crippen LogP contribution in [0.3, 0.4) is 0 Å². The van der Waals surface area contributed by atoms with Crippen molar-refractivity contribution in [2.75, 3.05) is 0 Å². The van der Waals surface area contributed by atoms with Gasteiger partial charge in [0.1, 0.15) is 0 Å². The Morgan fingerprint density at radius 3 is 1.74 bits per heavy atom. The maximum atomic E-state index is 6.45. The molecule has 0 aliphatic rings. The van der Waals surface area contributed by atoms with E-state index in [1.165, 1.54) is 0 Å². The molecule has 35 heavy (non-hydrogen) atoms. The van der Waals surface area contributed by atoms with Crippen LogP contribution in [0.15, 0.2) is 121 Å². The third-order valence-electron chi connectivity index (χ3n) is 6.07. The minimum atomic E-state index is 0.171. The van der Waals surface area contributed by atoms with Crippen molar-refractivity contribution in [2.45, 2.75) is 0 Å². The van der Waals surface area contributed by atoms with E-state index in [0.29, 0.717) is 11.6 Å². The molecule has 0 N–H and O–H groups in total. The normalized spacial score (nSPS) is 11.0. The molecule has 0 atom stereocenters. The van der Waals surface area contributed by atoms with Crippen LogP contribution in [-0.4, -0.2) is 15.0 Å². The van der Waals surface area contributed by atoms with Gasteiger partial charge in [-0.25, -0.2) is 4.98 Å². The number of aromatic nitrogens is 3. The van der Waals surface area contributed by atoms with Gasteiger partial charge in [-0.15, -0.1) is 0 Å². The summed E-state index contributed by atoms with van der Waals surface area (Å²) in [4.78, 5) is 13.9. The Morgan fingerprint density at radius 2 is 1.00 bits per heavy atom. The molecule has 0 unspecified atom stereocenters. The molecule has 0 spiro atoms. The Bertz CT molecular complexity index is 1640. The highest BCUT2D eigenvalue weighted by Crippen LogP contribution is 2.36. The lowest BCUT2D eigenvalue weighted by Crippen LogP contribution is -1.98. The van der Waals surface area contributed by atoms with Crippen LogP contribution in [0.5, 0.6) is 0 Å². The Morgan fingerprint density at radius 1 is 0.429 bits per heavy atom. The molecule has 1 aromatic heterocycles. The van der Waals surface area contributed by atoms with Gasteiger partial charge in [-0.1, -0.05) is 115 Å². The minimum absolute atomic E-state index is 0.171. The molecule has 0 saturated carbocycles. The molecule has 166 valence electrons. The van der Waals surface area contributed by atoms with Gasteiger partial charge in [-0.05, 0) is 45.3 Å². The molecule has 6 rings (SSSR count). The van der Waals surface area contributed by atoms with Gasteiger partial charge in [0, 0.05) is 16.5 Å². The van der Waals surface area contributed by atoms with Crippen molar-refractivity contribution in [1.29, 1.82) is 0 Å². The quantitative estimate of drug-likeness (QED) is 0.260. The number of fused-ring (bicyclic) bond motifs is 1. The summed E-state index contributed by atoms with van der Waals surface area (Å²) in [5.41, 5.74) is 6.31. The average molecular weight is 470 g/mol. The first-order valence-corrected chi connectivity index (χ1v) is 11.8. The van der Waals surface area contributed by atoms with Crippen molar-refractivity contribution in [1.82, 2.24) is 15.0 Å². The highest BCUT2D eigenvalue weighted by Gasteiger charge is 2.15. The Balaban J connectivity index is 1.52. The summed E-state index contributed by atoms with van der Waals surface area (Å²) >= 11 is 6.45. The van der Waals surface area contributed by atoms with Crippen LogP contribution in [0.4, 0.5) is 0 Å². The van der Waals surface area contributed by atoms with Gasteiger partial charge in [0.25, 0.3) is 0 Å². The zero-order valence-electron chi connectivity index (χ0n) is 18.8. The molecular weight excluding hydrogens is 450 g/mol. The summed E-state index contributed by atoms with van der Waals surface area (Å²) < 4.78 is 0. The molecule has 0 aliphatic carbocycles. The molecule has 5 aromatic carbocycles. The highest BCUT2D eigenvalue weighted by atomic mass is 35.5. The fourth-order valence-electron chi connectivity index (χ4n) is 4.45. The third-order valence-corrected chi connectivity index (χ3v) is 6.24. The summed E-state index contributed by atoms with van der Waals surface area (Å²) in [5.74, 6) is 1.10. The zero-order chi connectivity index (χ0) is 23.6. The first-order valence-electron chi connectivity index (χ1n) is 11.4. The van der Waals surface area contributed by atoms with Crippen LogP contribution < -0.4 is 0 Å². The lowest BCUT2D eigenvalue weighted by Gasteiger charge is -2.12. The molecule has 4 heteroatoms. The van der Waals surface area contributed by atoms with Crippen molar-refractivity contribution in [2.24, 2.45) is 0 Å². The molecule has 1 heterocycles. The van der Waals surface area contributed by atoms with Gasteiger partial charge in [-0.2, -0.15) is 9.97 Å². The maximum Gasteiger partial charge on any atom is 0.226 e. The van der Waals surface area contributed by atoms with Gasteiger partial charge < -0.3 is 0 Å². The number of hydrogen-bond donors (Lipinski definition) is 0. The van der Waals surface area contributed by atoms with E-state index in [0.717, 1.165) is 44.2 Å². The van der Waals surface area contributed by atoms with Gasteiger partial charge in [-0.3, -0.25) is 0 Å². The van der Waals surface area contributed by atoms with Crippen LogP contribution in [0.1, 0.15) is 0 Å². The fourth-order valence-corrected chi connectivity index (χ4v) is 4.61. The number of benzene rings is 5. The smallest absolute Gasteiger partial charge is 0.208 e. The third kappa shape index (κ3) is 4.18. The molecule has 0 radical (unpaired) electrons. The van der Waals surface area contributed by atoms with E-state index >= 15 is 0 Å². The summed E-state index contributed by atoms with van der Waals surface area (Å²) in [6.07, 6.45) is 0. The number of hydrogen-bond acceptors (Lipinski definition) is 3. The maximum absolute atomic E-state index is 6.45. The van der Waals surface area contributed by atoms with Crippen molar-refractivity contribution >= 4 is 22.4 Å². The lowest BCUT2D eigenvalue weighted by atomic mass is 9.94. The number of nitrogens with zero attached hydrogens (tertiary/aromatic N) is 3. The SMILES string of the molecule is Clc1nc(-c2cccc(-c3ccccc3)c2)nc(-c2cccc3cccc(-c4ccccc4)c23)n1. The zero-order valence-corrected chi connectivity index (χ0v) is 19.5. The molecule has 3 nitrogen and oxygen atoms in total. The van der Waals surface area contributed by atoms with Crippen molar-refractivity contribution in [3.8, 4) is 45.0 Å². The van der Waals surface area contributed by atoms with Gasteiger partial charge in [0.15, 0.2) is 11.6 Å². The fraction of sp³-hybridized carbons (Fsp3) is 0. The number of halogens is 1. The summed E-state index contributed by atoms with van der Waals surface area (Å²) in [6, 6.07) is 41.3. The van der Waals surface area contributed by atoms with Crippen LogP contribution in [0, 0.1) is 0 Å². The standard InChI is InChI=1S/C31H20ClN3/c32-31-34-29(25-17-7-16-24(20-25)21-10-3-1-4-11-21)33-30(35-31)27-19-9-15-23-14-8-18-26(28(23)27)22-12-5-2-6-13-22/h1-20H. The second-order valence-corrected chi connectivity index (χ2v) is 8.61. The van der Waals surface area contributed by atoms with Gasteiger partial charge in [0.05, 0.1) is 0 Å². The van der Waals surface area contributed by atoms with Crippen molar-refractivity contribution in [3.05, 3.63) is 127 Å². The van der Waals surface area contributed by atoms with Crippen LogP contribution in [-0.2, 0) is 0 Å². The second-order valence-electron chi connectivity index (χ2n) is 8.27. The summed E-state index contributed by atoms with van der Waals surface area (Å²) in [7, 11) is 0. The predicted octanol–water partition coefficient (Wildman–Crippen LogP) is 8.35. The van der Waals surface area contributed by atoms with Crippen molar-refractivity contribution < 1.29 is 0 Å². The van der Waals surface area contributed by atoms with Crippen LogP contribution in [0.25, 0.3) is 55.8 Å². The van der Waals surface area contributed by atoms with Crippen molar-refractivity contribution in [3.63, 3.8) is 0 Å². The largest absolute Gasteiger partial charge is 0.226 e. The van der Waals surface area contributed by atoms with Crippen LogP contribution >= 0.6 is 11.6 Å². The van der Waals surface area contributed by atoms with E-state index in [9.17, 15) is 0 Å². The van der Waals surface area contributed by atoms with Gasteiger partial charge in [0.2, 0.25) is 5.28 Å². The van der Waals surface area contributed by atoms with E-state index in [1.54, 1.807) is 0 Å².